The van der Waals surface area contributed by atoms with Crippen LogP contribution in [-0.4, -0.2) is 19.1 Å². The molecule has 0 N–H and O–H groups in total. The van der Waals surface area contributed by atoms with E-state index in [4.69, 9.17) is 9.97 Å². The van der Waals surface area contributed by atoms with E-state index in [1.807, 2.05) is 0 Å². The van der Waals surface area contributed by atoms with Crippen molar-refractivity contribution in [1.82, 2.24) is 19.1 Å². The Balaban J connectivity index is 1.39. The Bertz CT molecular complexity index is 2390. The van der Waals surface area contributed by atoms with Crippen molar-refractivity contribution in [2.45, 2.75) is 0 Å². The Hall–Kier alpha value is -5.00. The zero-order valence-corrected chi connectivity index (χ0v) is 21.6. The summed E-state index contributed by atoms with van der Waals surface area (Å²) in [7, 11) is 0. The van der Waals surface area contributed by atoms with Crippen LogP contribution in [0.1, 0.15) is 0 Å². The fourth-order valence-corrected chi connectivity index (χ4v) is 7.07. The molecule has 0 saturated heterocycles. The minimum absolute atomic E-state index is 0.887. The zero-order valence-electron chi connectivity index (χ0n) is 20.7. The molecule has 0 amide bonds. The van der Waals surface area contributed by atoms with Crippen LogP contribution in [-0.2, 0) is 0 Å². The topological polar surface area (TPSA) is 35.6 Å². The molecule has 0 atom stereocenters. The highest BCUT2D eigenvalue weighted by molar-refractivity contribution is 7.25. The van der Waals surface area contributed by atoms with Gasteiger partial charge in [-0.25, -0.2) is 9.97 Å². The van der Waals surface area contributed by atoms with Crippen LogP contribution >= 0.6 is 11.3 Å². The molecule has 0 aliphatic rings. The lowest BCUT2D eigenvalue weighted by atomic mass is 10.1. The molecule has 0 saturated carbocycles. The molecule has 0 spiro atoms. The Morgan fingerprint density at radius 1 is 0.462 bits per heavy atom. The summed E-state index contributed by atoms with van der Waals surface area (Å²) in [5.74, 6) is 0. The van der Waals surface area contributed by atoms with Crippen LogP contribution in [0.3, 0.4) is 0 Å². The van der Waals surface area contributed by atoms with Gasteiger partial charge < -0.3 is 4.57 Å². The van der Waals surface area contributed by atoms with Crippen molar-refractivity contribution in [2.75, 3.05) is 0 Å². The van der Waals surface area contributed by atoms with Crippen LogP contribution in [0.25, 0.3) is 75.7 Å². The van der Waals surface area contributed by atoms with Gasteiger partial charge in [-0.1, -0.05) is 72.8 Å². The number of rotatable bonds is 2. The molecule has 0 bridgehead atoms. The highest BCUT2D eigenvalue weighted by Gasteiger charge is 2.19. The van der Waals surface area contributed by atoms with Crippen molar-refractivity contribution in [3.63, 3.8) is 0 Å². The predicted molar refractivity (Wildman–Crippen MR) is 164 cm³/mol. The summed E-state index contributed by atoms with van der Waals surface area (Å²) in [5.41, 5.74) is 8.53. The van der Waals surface area contributed by atoms with Crippen LogP contribution < -0.4 is 0 Å². The van der Waals surface area contributed by atoms with E-state index in [1.165, 1.54) is 26.5 Å². The first kappa shape index (κ1) is 21.0. The Labute approximate surface area is 227 Å². The number of fused-ring (bicyclic) bond motifs is 9. The highest BCUT2D eigenvalue weighted by Crippen LogP contribution is 2.38. The van der Waals surface area contributed by atoms with Gasteiger partial charge in [-0.2, -0.15) is 0 Å². The molecule has 182 valence electrons. The number of nitrogens with zero attached hydrogens (tertiary/aromatic N) is 4. The van der Waals surface area contributed by atoms with Gasteiger partial charge in [0, 0.05) is 37.6 Å². The smallest absolute Gasteiger partial charge is 0.165 e. The van der Waals surface area contributed by atoms with E-state index in [9.17, 15) is 0 Å². The van der Waals surface area contributed by atoms with E-state index in [1.54, 1.807) is 11.3 Å². The fraction of sp³-hybridized carbons (Fsp3) is 0. The van der Waals surface area contributed by atoms with Gasteiger partial charge in [0.2, 0.25) is 0 Å². The average molecular weight is 517 g/mol. The van der Waals surface area contributed by atoms with Crippen LogP contribution in [0.5, 0.6) is 0 Å². The molecule has 0 fully saturated rings. The molecular formula is C34H20N4S. The summed E-state index contributed by atoms with van der Waals surface area (Å²) in [6.45, 7) is 0. The third kappa shape index (κ3) is 2.88. The van der Waals surface area contributed by atoms with E-state index in [-0.39, 0.29) is 0 Å². The van der Waals surface area contributed by atoms with E-state index < -0.39 is 0 Å². The van der Waals surface area contributed by atoms with Gasteiger partial charge >= 0.3 is 0 Å². The van der Waals surface area contributed by atoms with Gasteiger partial charge in [0.1, 0.15) is 15.9 Å². The second-order valence-corrected chi connectivity index (χ2v) is 10.9. The van der Waals surface area contributed by atoms with Crippen LogP contribution in [0.4, 0.5) is 0 Å². The molecule has 9 aromatic rings. The summed E-state index contributed by atoms with van der Waals surface area (Å²) in [5, 5.41) is 4.72. The minimum atomic E-state index is 0.887. The summed E-state index contributed by atoms with van der Waals surface area (Å²) < 4.78 is 5.84. The lowest BCUT2D eigenvalue weighted by Crippen LogP contribution is -1.97. The summed E-state index contributed by atoms with van der Waals surface area (Å²) in [4.78, 5) is 11.4. The minimum Gasteiger partial charge on any atom is -0.309 e. The van der Waals surface area contributed by atoms with E-state index in [0.29, 0.717) is 0 Å². The third-order valence-corrected chi connectivity index (χ3v) is 8.79. The van der Waals surface area contributed by atoms with Crippen LogP contribution in [0.2, 0.25) is 0 Å². The molecule has 5 heteroatoms. The number of aromatic nitrogens is 4. The molecule has 0 unspecified atom stereocenters. The SMILES string of the molecule is c1ccc(-n2c3ccccc3c3cc(-n4c5ccccc5c5nc6sc7ccccc7c6nc54)ccc32)cc1. The number of para-hydroxylation sites is 3. The molecule has 0 aliphatic carbocycles. The number of hydrogen-bond donors (Lipinski definition) is 0. The predicted octanol–water partition coefficient (Wildman–Crippen LogP) is 9.04. The normalized spacial score (nSPS) is 12.1. The maximum atomic E-state index is 5.28. The maximum absolute atomic E-state index is 5.28. The van der Waals surface area contributed by atoms with Crippen molar-refractivity contribution in [3.8, 4) is 11.4 Å². The quantitative estimate of drug-likeness (QED) is 0.230. The van der Waals surface area contributed by atoms with Gasteiger partial charge in [0.15, 0.2) is 5.65 Å². The molecule has 0 aliphatic heterocycles. The molecule has 0 radical (unpaired) electrons. The molecule has 4 heterocycles. The number of hydrogen-bond acceptors (Lipinski definition) is 3. The van der Waals surface area contributed by atoms with E-state index in [2.05, 4.69) is 130 Å². The van der Waals surface area contributed by atoms with Crippen LogP contribution in [0, 0.1) is 0 Å². The first-order valence-corrected chi connectivity index (χ1v) is 13.8. The molecular weight excluding hydrogens is 496 g/mol. The van der Waals surface area contributed by atoms with Crippen molar-refractivity contribution < 1.29 is 0 Å². The van der Waals surface area contributed by atoms with Crippen molar-refractivity contribution >= 4 is 75.6 Å². The van der Waals surface area contributed by atoms with Gasteiger partial charge in [0.25, 0.3) is 0 Å². The lowest BCUT2D eigenvalue weighted by Gasteiger charge is -2.10. The first-order chi connectivity index (χ1) is 19.3. The Kier molecular flexibility index (Phi) is 4.18. The first-order valence-electron chi connectivity index (χ1n) is 13.0. The molecule has 39 heavy (non-hydrogen) atoms. The standard InChI is InChI=1S/C34H20N4S/c1-2-10-21(11-3-1)37-27-15-7-4-12-23(27)26-20-22(18-19-29(26)37)38-28-16-8-5-13-24(28)31-33(38)35-32-25-14-6-9-17-30(25)39-34(32)36-31/h1-20H. The molecule has 4 nitrogen and oxygen atoms in total. The second-order valence-electron chi connectivity index (χ2n) is 9.89. The molecule has 5 aromatic carbocycles. The van der Waals surface area contributed by atoms with Crippen LogP contribution in [0.15, 0.2) is 121 Å². The monoisotopic (exact) mass is 516 g/mol. The number of benzene rings is 5. The summed E-state index contributed by atoms with van der Waals surface area (Å²) in [6.07, 6.45) is 0. The third-order valence-electron chi connectivity index (χ3n) is 7.73. The molecule has 4 aromatic heterocycles. The molecule has 9 rings (SSSR count). The Morgan fingerprint density at radius 3 is 1.97 bits per heavy atom. The summed E-state index contributed by atoms with van der Waals surface area (Å²) in [6, 6.07) is 42.9. The van der Waals surface area contributed by atoms with Gasteiger partial charge in [-0.3, -0.25) is 4.57 Å². The summed E-state index contributed by atoms with van der Waals surface area (Å²) >= 11 is 1.71. The van der Waals surface area contributed by atoms with Gasteiger partial charge in [-0.15, -0.1) is 11.3 Å². The average Bonchev–Trinajstić information content (AvgIpc) is 3.63. The Morgan fingerprint density at radius 2 is 1.13 bits per heavy atom. The van der Waals surface area contributed by atoms with Crippen molar-refractivity contribution in [1.29, 1.82) is 0 Å². The van der Waals surface area contributed by atoms with Gasteiger partial charge in [-0.05, 0) is 48.5 Å². The maximum Gasteiger partial charge on any atom is 0.165 e. The zero-order chi connectivity index (χ0) is 25.5. The fourth-order valence-electron chi connectivity index (χ4n) is 6.05. The number of thiophene rings is 1. The van der Waals surface area contributed by atoms with Gasteiger partial charge in [0.05, 0.1) is 16.6 Å². The van der Waals surface area contributed by atoms with Crippen molar-refractivity contribution in [2.24, 2.45) is 0 Å². The second kappa shape index (κ2) is 7.76. The highest BCUT2D eigenvalue weighted by atomic mass is 32.1. The van der Waals surface area contributed by atoms with Crippen molar-refractivity contribution in [3.05, 3.63) is 121 Å². The van der Waals surface area contributed by atoms with E-state index in [0.717, 1.165) is 49.2 Å². The lowest BCUT2D eigenvalue weighted by molar-refractivity contribution is 1.14. The van der Waals surface area contributed by atoms with E-state index >= 15 is 0 Å². The largest absolute Gasteiger partial charge is 0.309 e.